The van der Waals surface area contributed by atoms with Gasteiger partial charge in [-0.3, -0.25) is 34.4 Å². The minimum absolute atomic E-state index is 0.00128. The van der Waals surface area contributed by atoms with E-state index in [4.69, 9.17) is 5.84 Å². The predicted octanol–water partition coefficient (Wildman–Crippen LogP) is 3.14. The van der Waals surface area contributed by atoms with Crippen LogP contribution in [0.2, 0.25) is 0 Å². The molecule has 4 atom stereocenters. The molecule has 0 saturated carbocycles. The van der Waals surface area contributed by atoms with Gasteiger partial charge in [0.2, 0.25) is 11.8 Å². The van der Waals surface area contributed by atoms with Crippen LogP contribution in [-0.2, 0) is 34.4 Å². The summed E-state index contributed by atoms with van der Waals surface area (Å²) in [4.78, 5) is 62.5. The Bertz CT molecular complexity index is 2260. The minimum atomic E-state index is -4.38. The molecule has 6 rings (SSSR count). The van der Waals surface area contributed by atoms with Crippen LogP contribution in [0.25, 0.3) is 0 Å². The van der Waals surface area contributed by atoms with Gasteiger partial charge in [0.1, 0.15) is 6.04 Å². The number of likely N-dealkylation sites (tertiary alicyclic amines) is 2. The summed E-state index contributed by atoms with van der Waals surface area (Å²) in [6.45, 7) is 2.37. The van der Waals surface area contributed by atoms with Crippen LogP contribution in [0.3, 0.4) is 0 Å². The number of nitrogens with zero attached hydrogens (tertiary/aromatic N) is 3. The molecular weight excluding hydrogens is 791 g/mol. The molecule has 0 spiro atoms. The van der Waals surface area contributed by atoms with Gasteiger partial charge in [0, 0.05) is 18.8 Å². The predicted molar refractivity (Wildman–Crippen MR) is 214 cm³/mol. The third-order valence-corrected chi connectivity index (χ3v) is 13.9. The van der Waals surface area contributed by atoms with E-state index in [0.717, 1.165) is 5.56 Å². The van der Waals surface area contributed by atoms with Gasteiger partial charge in [0.25, 0.3) is 26.0 Å². The molecule has 2 aliphatic rings. The molecule has 0 bridgehead atoms. The summed E-state index contributed by atoms with van der Waals surface area (Å²) in [5.74, 6) is 1.95. The third kappa shape index (κ3) is 9.84. The van der Waals surface area contributed by atoms with E-state index < -0.39 is 61.7 Å². The molecule has 2 aliphatic heterocycles. The number of nitrogens with one attached hydrogen (secondary N) is 3. The molecular formula is C39H45N7O8S3. The van der Waals surface area contributed by atoms with Crippen LogP contribution in [0.15, 0.2) is 112 Å². The number of carbonyl (C=O) groups excluding carboxylic acids is 4. The molecule has 18 heteroatoms. The molecule has 2 saturated heterocycles. The number of rotatable bonds is 14. The fraction of sp³-hybridized carbons (Fsp3) is 0.333. The van der Waals surface area contributed by atoms with Crippen molar-refractivity contribution in [1.82, 2.24) is 24.5 Å². The number of anilines is 1. The lowest BCUT2D eigenvalue weighted by Crippen LogP contribution is -2.64. The maximum Gasteiger partial charge on any atom is 0.280 e. The number of amides is 3. The van der Waals surface area contributed by atoms with Crippen molar-refractivity contribution < 1.29 is 36.0 Å². The highest BCUT2D eigenvalue weighted by Crippen LogP contribution is 2.30. The van der Waals surface area contributed by atoms with Gasteiger partial charge in [-0.2, -0.15) is 12.8 Å². The Hall–Kier alpha value is -4.82. The SMILES string of the molecule is Cc1ccc(S(=O)(=O)NNC(=O)C2CCCN(C(C(=O)Nc3ccccc3)C(C(=O)c3cccs3)N3CCCC(C(=O)N(N)S(=O)(=O)c4ccccc4)C3)C2)cc1. The molecule has 2 fully saturated rings. The zero-order valence-electron chi connectivity index (χ0n) is 31.2. The summed E-state index contributed by atoms with van der Waals surface area (Å²) in [5.41, 5.74) is 3.68. The lowest BCUT2D eigenvalue weighted by molar-refractivity contribution is -0.134. The van der Waals surface area contributed by atoms with Crippen molar-refractivity contribution in [3.05, 3.63) is 113 Å². The van der Waals surface area contributed by atoms with Crippen LogP contribution >= 0.6 is 11.3 Å². The van der Waals surface area contributed by atoms with E-state index in [0.29, 0.717) is 49.3 Å². The van der Waals surface area contributed by atoms with Crippen LogP contribution in [0.4, 0.5) is 5.69 Å². The number of thiophene rings is 1. The summed E-state index contributed by atoms with van der Waals surface area (Å²) >= 11 is 1.20. The number of carbonyl (C=O) groups is 4. The van der Waals surface area contributed by atoms with Crippen molar-refractivity contribution in [2.24, 2.45) is 17.7 Å². The summed E-state index contributed by atoms with van der Waals surface area (Å²) in [5, 5.41) is 4.68. The highest BCUT2D eigenvalue weighted by molar-refractivity contribution is 7.89. The maximum atomic E-state index is 14.7. The highest BCUT2D eigenvalue weighted by atomic mass is 32.2. The number of para-hydroxylation sites is 1. The molecule has 4 aromatic rings. The second-order valence-electron chi connectivity index (χ2n) is 14.1. The number of aryl methyl sites for hydroxylation is 1. The Morgan fingerprint density at radius 1 is 0.754 bits per heavy atom. The number of piperidine rings is 2. The summed E-state index contributed by atoms with van der Waals surface area (Å²) in [6, 6.07) is 23.2. The van der Waals surface area contributed by atoms with Crippen LogP contribution < -0.4 is 21.4 Å². The second-order valence-corrected chi connectivity index (χ2v) is 18.6. The van der Waals surface area contributed by atoms with Gasteiger partial charge >= 0.3 is 0 Å². The van der Waals surface area contributed by atoms with Gasteiger partial charge in [-0.25, -0.2) is 14.3 Å². The van der Waals surface area contributed by atoms with Crippen molar-refractivity contribution in [2.75, 3.05) is 31.5 Å². The molecule has 1 aromatic heterocycles. The Morgan fingerprint density at radius 2 is 1.35 bits per heavy atom. The lowest BCUT2D eigenvalue weighted by Gasteiger charge is -2.45. The Morgan fingerprint density at radius 3 is 1.98 bits per heavy atom. The van der Waals surface area contributed by atoms with Gasteiger partial charge in [0.15, 0.2) is 5.78 Å². The number of sulfonamides is 2. The van der Waals surface area contributed by atoms with Crippen LogP contribution in [0.5, 0.6) is 0 Å². The topological polar surface area (TPSA) is 208 Å². The van der Waals surface area contributed by atoms with E-state index >= 15 is 0 Å². The number of hydrogen-bond acceptors (Lipinski definition) is 12. The van der Waals surface area contributed by atoms with Gasteiger partial charge in [-0.1, -0.05) is 60.2 Å². The fourth-order valence-corrected chi connectivity index (χ4v) is 9.91. The first kappa shape index (κ1) is 41.8. The molecule has 302 valence electrons. The first-order valence-corrected chi connectivity index (χ1v) is 22.3. The largest absolute Gasteiger partial charge is 0.325 e. The first-order chi connectivity index (χ1) is 27.3. The lowest BCUT2D eigenvalue weighted by atomic mass is 9.89. The normalized spacial score (nSPS) is 19.2. The van der Waals surface area contributed by atoms with E-state index in [1.54, 1.807) is 75.8 Å². The standard InChI is InChI=1S/C39H45N7O8S3/c1-27-18-20-31(21-19-27)56(51,52)43-42-37(48)28-11-8-23-45(25-28)35(38(49)41-30-13-4-2-5-14-30)34(36(47)33-17-10-24-55-33)44-22-9-12-29(26-44)39(50)46(40)57(53,54)32-15-6-3-7-16-32/h2-7,10,13-21,24,28-29,34-35,43H,8-9,11-12,22-23,25-26,40H2,1H3,(H,41,49)(H,42,48). The van der Waals surface area contributed by atoms with E-state index in [2.05, 4.69) is 15.6 Å². The van der Waals surface area contributed by atoms with Gasteiger partial charge in [-0.05, 0) is 93.5 Å². The number of hydrazine groups is 2. The monoisotopic (exact) mass is 835 g/mol. The smallest absolute Gasteiger partial charge is 0.280 e. The van der Waals surface area contributed by atoms with Crippen LogP contribution in [0.1, 0.15) is 40.9 Å². The molecule has 3 aromatic carbocycles. The first-order valence-electron chi connectivity index (χ1n) is 18.5. The molecule has 3 amide bonds. The fourth-order valence-electron chi connectivity index (χ4n) is 7.25. The van der Waals surface area contributed by atoms with E-state index in [1.165, 1.54) is 47.7 Å². The van der Waals surface area contributed by atoms with Crippen molar-refractivity contribution >= 4 is 60.6 Å². The van der Waals surface area contributed by atoms with Crippen molar-refractivity contribution in [1.29, 1.82) is 0 Å². The van der Waals surface area contributed by atoms with Gasteiger partial charge in [0.05, 0.1) is 32.5 Å². The quantitative estimate of drug-likeness (QED) is 0.0628. The molecule has 4 unspecified atom stereocenters. The van der Waals surface area contributed by atoms with Gasteiger partial charge < -0.3 is 5.32 Å². The van der Waals surface area contributed by atoms with Crippen molar-refractivity contribution in [3.8, 4) is 0 Å². The van der Waals surface area contributed by atoms with Crippen LogP contribution in [-0.4, -0.2) is 92.8 Å². The zero-order chi connectivity index (χ0) is 40.7. The molecule has 57 heavy (non-hydrogen) atoms. The Balaban J connectivity index is 1.29. The number of hydrogen-bond donors (Lipinski definition) is 4. The number of Topliss-reactive ketones (excluding diaryl/α,β-unsaturated/α-hetero) is 1. The number of ketones is 1. The summed E-state index contributed by atoms with van der Waals surface area (Å²) in [7, 11) is -8.46. The minimum Gasteiger partial charge on any atom is -0.325 e. The second kappa shape index (κ2) is 18.2. The molecule has 15 nitrogen and oxygen atoms in total. The Labute approximate surface area is 336 Å². The maximum absolute atomic E-state index is 14.7. The van der Waals surface area contributed by atoms with E-state index in [1.807, 2.05) is 6.92 Å². The summed E-state index contributed by atoms with van der Waals surface area (Å²) in [6.07, 6.45) is 1.51. The van der Waals surface area contributed by atoms with Crippen molar-refractivity contribution in [2.45, 2.75) is 54.5 Å². The van der Waals surface area contributed by atoms with Gasteiger partial charge in [-0.15, -0.1) is 16.2 Å². The Kier molecular flexibility index (Phi) is 13.3. The number of nitrogens with two attached hydrogens (primary N) is 1. The zero-order valence-corrected chi connectivity index (χ0v) is 33.6. The molecule has 0 radical (unpaired) electrons. The van der Waals surface area contributed by atoms with E-state index in [9.17, 15) is 36.0 Å². The summed E-state index contributed by atoms with van der Waals surface area (Å²) < 4.78 is 52.8. The third-order valence-electron chi connectivity index (χ3n) is 10.2. The molecule has 3 heterocycles. The van der Waals surface area contributed by atoms with Crippen molar-refractivity contribution in [3.63, 3.8) is 0 Å². The molecule has 5 N–H and O–H groups in total. The molecule has 0 aliphatic carbocycles. The average molecular weight is 836 g/mol. The van der Waals surface area contributed by atoms with Crippen LogP contribution in [0, 0.1) is 18.8 Å². The number of benzene rings is 3. The average Bonchev–Trinajstić information content (AvgIpc) is 3.77. The highest BCUT2D eigenvalue weighted by Gasteiger charge is 2.47. The van der Waals surface area contributed by atoms with E-state index in [-0.39, 0.29) is 33.1 Å².